The molecule has 1 aromatic carbocycles. The van der Waals surface area contributed by atoms with E-state index in [1.54, 1.807) is 25.7 Å². The Morgan fingerprint density at radius 3 is 2.81 bits per heavy atom. The van der Waals surface area contributed by atoms with E-state index in [-0.39, 0.29) is 11.7 Å². The topological polar surface area (TPSA) is 103 Å². The molecule has 1 aliphatic heterocycles. The summed E-state index contributed by atoms with van der Waals surface area (Å²) in [7, 11) is 0. The molecule has 0 N–H and O–H groups in total. The summed E-state index contributed by atoms with van der Waals surface area (Å²) in [5.74, 6) is 0. The molecule has 2 heterocycles. The van der Waals surface area contributed by atoms with Crippen LogP contribution in [0.3, 0.4) is 0 Å². The molecule has 0 aliphatic carbocycles. The number of nitro benzene ring substituents is 1. The Morgan fingerprint density at radius 2 is 2.15 bits per heavy atom. The number of non-ortho nitro benzene ring substituents is 1. The second-order valence-electron chi connectivity index (χ2n) is 7.10. The van der Waals surface area contributed by atoms with Crippen molar-refractivity contribution in [2.45, 2.75) is 45.3 Å². The number of nitro groups is 1. The van der Waals surface area contributed by atoms with Gasteiger partial charge in [-0.1, -0.05) is 17.4 Å². The molecule has 138 valence electrons. The summed E-state index contributed by atoms with van der Waals surface area (Å²) in [6.45, 7) is 5.95. The van der Waals surface area contributed by atoms with Crippen LogP contribution in [0.2, 0.25) is 0 Å². The number of benzene rings is 1. The van der Waals surface area contributed by atoms with Crippen LogP contribution in [-0.4, -0.2) is 54.1 Å². The lowest BCUT2D eigenvalue weighted by Gasteiger charge is -2.28. The Hall–Kier alpha value is -2.62. The van der Waals surface area contributed by atoms with E-state index in [4.69, 9.17) is 17.0 Å². The normalized spacial score (nSPS) is 17.5. The number of amides is 1. The predicted molar refractivity (Wildman–Crippen MR) is 98.1 cm³/mol. The van der Waals surface area contributed by atoms with Crippen LogP contribution in [-0.2, 0) is 4.74 Å². The maximum absolute atomic E-state index is 12.5. The van der Waals surface area contributed by atoms with Crippen molar-refractivity contribution in [2.24, 2.45) is 0 Å². The molecule has 1 aromatic heterocycles. The third-order valence-corrected chi connectivity index (χ3v) is 4.46. The van der Waals surface area contributed by atoms with Crippen LogP contribution in [0.1, 0.15) is 33.6 Å². The van der Waals surface area contributed by atoms with Gasteiger partial charge in [0.25, 0.3) is 5.69 Å². The SMILES string of the molecule is CC(C)(C)OC(=O)N1CCC[C@H]1C(=S)n1nnc2ccc([N+](=O)[O-])cc21. The highest BCUT2D eigenvalue weighted by Crippen LogP contribution is 2.25. The van der Waals surface area contributed by atoms with Crippen molar-refractivity contribution in [2.75, 3.05) is 6.54 Å². The zero-order valence-electron chi connectivity index (χ0n) is 14.7. The molecule has 0 saturated carbocycles. The summed E-state index contributed by atoms with van der Waals surface area (Å²) in [4.78, 5) is 25.0. The number of thiocarbonyl (C=S) groups is 1. The van der Waals surface area contributed by atoms with E-state index in [1.165, 1.54) is 22.9 Å². The second-order valence-corrected chi connectivity index (χ2v) is 7.52. The number of ether oxygens (including phenoxy) is 1. The van der Waals surface area contributed by atoms with Crippen molar-refractivity contribution in [1.82, 2.24) is 19.9 Å². The molecule has 0 bridgehead atoms. The largest absolute Gasteiger partial charge is 0.444 e. The maximum atomic E-state index is 12.5. The smallest absolute Gasteiger partial charge is 0.410 e. The Morgan fingerprint density at radius 1 is 1.42 bits per heavy atom. The van der Waals surface area contributed by atoms with Crippen molar-refractivity contribution < 1.29 is 14.5 Å². The highest BCUT2D eigenvalue weighted by Gasteiger charge is 2.36. The molecular weight excluding hydrogens is 358 g/mol. The third kappa shape index (κ3) is 3.50. The van der Waals surface area contributed by atoms with E-state index >= 15 is 0 Å². The standard InChI is InChI=1S/C16H19N5O4S/c1-16(2,3)25-15(22)19-8-4-5-12(19)14(26)20-13-9-10(21(23)24)6-7-11(13)17-18-20/h6-7,9,12H,4-5,8H2,1-3H3/t12-/m0/s1. The number of carbonyl (C=O) groups excluding carboxylic acids is 1. The lowest BCUT2D eigenvalue weighted by Crippen LogP contribution is -2.44. The van der Waals surface area contributed by atoms with E-state index in [2.05, 4.69) is 10.3 Å². The second kappa shape index (κ2) is 6.60. The van der Waals surface area contributed by atoms with Gasteiger partial charge < -0.3 is 4.74 Å². The molecule has 26 heavy (non-hydrogen) atoms. The van der Waals surface area contributed by atoms with Gasteiger partial charge in [-0.3, -0.25) is 15.0 Å². The first-order chi connectivity index (χ1) is 12.2. The Kier molecular flexibility index (Phi) is 4.61. The first kappa shape index (κ1) is 18.2. The minimum atomic E-state index is -0.605. The molecule has 1 fully saturated rings. The molecule has 1 aliphatic rings. The quantitative estimate of drug-likeness (QED) is 0.450. The molecule has 2 aromatic rings. The number of aromatic nitrogens is 3. The number of hydrogen-bond donors (Lipinski definition) is 0. The van der Waals surface area contributed by atoms with Crippen molar-refractivity contribution in [3.8, 4) is 0 Å². The highest BCUT2D eigenvalue weighted by atomic mass is 32.1. The zero-order valence-corrected chi connectivity index (χ0v) is 15.5. The molecule has 0 spiro atoms. The van der Waals surface area contributed by atoms with Crippen molar-refractivity contribution in [3.05, 3.63) is 28.3 Å². The van der Waals surface area contributed by atoms with Gasteiger partial charge in [0, 0.05) is 18.7 Å². The summed E-state index contributed by atoms with van der Waals surface area (Å²) in [5, 5.41) is 19.1. The average Bonchev–Trinajstić information content (AvgIpc) is 3.19. The highest BCUT2D eigenvalue weighted by molar-refractivity contribution is 7.80. The lowest BCUT2D eigenvalue weighted by atomic mass is 10.2. The van der Waals surface area contributed by atoms with E-state index < -0.39 is 16.6 Å². The van der Waals surface area contributed by atoms with Gasteiger partial charge >= 0.3 is 6.09 Å². The Bertz CT molecular complexity index is 888. The maximum Gasteiger partial charge on any atom is 0.410 e. The molecule has 0 radical (unpaired) electrons. The van der Waals surface area contributed by atoms with Gasteiger partial charge in [0.05, 0.1) is 11.0 Å². The molecule has 10 heteroatoms. The van der Waals surface area contributed by atoms with Crippen molar-refractivity contribution in [1.29, 1.82) is 0 Å². The van der Waals surface area contributed by atoms with Crippen LogP contribution < -0.4 is 0 Å². The molecule has 3 rings (SSSR count). The van der Waals surface area contributed by atoms with Crippen molar-refractivity contribution >= 4 is 40.0 Å². The fraction of sp³-hybridized carbons (Fsp3) is 0.500. The van der Waals surface area contributed by atoms with Gasteiger partial charge in [0.1, 0.15) is 21.6 Å². The Balaban J connectivity index is 1.91. The van der Waals surface area contributed by atoms with Crippen LogP contribution in [0.5, 0.6) is 0 Å². The van der Waals surface area contributed by atoms with Crippen LogP contribution >= 0.6 is 12.2 Å². The third-order valence-electron chi connectivity index (χ3n) is 4.01. The van der Waals surface area contributed by atoms with Crippen LogP contribution in [0.25, 0.3) is 11.0 Å². The van der Waals surface area contributed by atoms with Crippen LogP contribution in [0, 0.1) is 10.1 Å². The first-order valence-corrected chi connectivity index (χ1v) is 8.62. The Labute approximate surface area is 155 Å². The summed E-state index contributed by atoms with van der Waals surface area (Å²) >= 11 is 5.55. The fourth-order valence-electron chi connectivity index (χ4n) is 2.89. The molecule has 1 saturated heterocycles. The molecule has 9 nitrogen and oxygen atoms in total. The minimum absolute atomic E-state index is 0.0701. The fourth-order valence-corrected chi connectivity index (χ4v) is 3.27. The number of hydrogen-bond acceptors (Lipinski definition) is 7. The first-order valence-electron chi connectivity index (χ1n) is 8.21. The zero-order chi connectivity index (χ0) is 19.1. The molecular formula is C16H19N5O4S. The van der Waals surface area contributed by atoms with E-state index in [0.29, 0.717) is 29.0 Å². The van der Waals surface area contributed by atoms with E-state index in [0.717, 1.165) is 6.42 Å². The summed E-state index contributed by atoms with van der Waals surface area (Å²) in [6, 6.07) is 3.91. The molecule has 1 atom stereocenters. The van der Waals surface area contributed by atoms with Crippen molar-refractivity contribution in [3.63, 3.8) is 0 Å². The van der Waals surface area contributed by atoms with Gasteiger partial charge in [0.15, 0.2) is 0 Å². The number of nitrogens with zero attached hydrogens (tertiary/aromatic N) is 5. The number of carbonyl (C=O) groups is 1. The average molecular weight is 377 g/mol. The summed E-state index contributed by atoms with van der Waals surface area (Å²) in [6.07, 6.45) is 1.03. The number of fused-ring (bicyclic) bond motifs is 1. The van der Waals surface area contributed by atoms with Crippen LogP contribution in [0.4, 0.5) is 10.5 Å². The number of rotatable bonds is 2. The van der Waals surface area contributed by atoms with Crippen LogP contribution in [0.15, 0.2) is 18.2 Å². The minimum Gasteiger partial charge on any atom is -0.444 e. The van der Waals surface area contributed by atoms with E-state index in [9.17, 15) is 14.9 Å². The molecule has 0 unspecified atom stereocenters. The molecule has 1 amide bonds. The monoisotopic (exact) mass is 377 g/mol. The number of likely N-dealkylation sites (tertiary alicyclic amines) is 1. The summed E-state index contributed by atoms with van der Waals surface area (Å²) in [5.41, 5.74) is 0.270. The van der Waals surface area contributed by atoms with Gasteiger partial charge in [0.2, 0.25) is 0 Å². The van der Waals surface area contributed by atoms with E-state index in [1.807, 2.05) is 0 Å². The lowest BCUT2D eigenvalue weighted by molar-refractivity contribution is -0.384. The van der Waals surface area contributed by atoms with Gasteiger partial charge in [-0.05, 0) is 39.7 Å². The van der Waals surface area contributed by atoms with Gasteiger partial charge in [-0.15, -0.1) is 5.10 Å². The van der Waals surface area contributed by atoms with Gasteiger partial charge in [-0.25, -0.2) is 9.48 Å². The van der Waals surface area contributed by atoms with Gasteiger partial charge in [-0.2, -0.15) is 0 Å². The summed E-state index contributed by atoms with van der Waals surface area (Å²) < 4.78 is 6.84. The predicted octanol–water partition coefficient (Wildman–Crippen LogP) is 2.91.